The van der Waals surface area contributed by atoms with Crippen LogP contribution in [-0.2, 0) is 0 Å². The van der Waals surface area contributed by atoms with Gasteiger partial charge in [0.25, 0.3) is 5.91 Å². The van der Waals surface area contributed by atoms with Gasteiger partial charge in [-0.3, -0.25) is 10.1 Å². The molecule has 1 heterocycles. The van der Waals surface area contributed by atoms with Gasteiger partial charge in [-0.2, -0.15) is 0 Å². The van der Waals surface area contributed by atoms with Crippen LogP contribution in [-0.4, -0.2) is 16.9 Å². The molecule has 138 valence electrons. The molecule has 0 fully saturated rings. The van der Waals surface area contributed by atoms with Crippen molar-refractivity contribution < 1.29 is 9.59 Å². The number of carbonyl (C=O) groups is 2. The zero-order valence-electron chi connectivity index (χ0n) is 14.0. The Kier molecular flexibility index (Phi) is 6.10. The summed E-state index contributed by atoms with van der Waals surface area (Å²) in [6, 6.07) is 11.8. The Morgan fingerprint density at radius 2 is 1.85 bits per heavy atom. The Hall–Kier alpha value is -2.42. The zero-order valence-corrected chi connectivity index (χ0v) is 17.2. The first-order valence-electron chi connectivity index (χ1n) is 7.77. The standard InChI is InChI=1S/C18H14BrClN4O2S/c1-10-7-13(5-6-14(10)19)21-16(25)15-9-27-18(23-15)24-17(26)22-12-4-2-3-11(20)8-12/h2-9H,1H3,(H,21,25)(H2,22,23,24,26). The lowest BCUT2D eigenvalue weighted by Crippen LogP contribution is -2.19. The quantitative estimate of drug-likeness (QED) is 0.458. The van der Waals surface area contributed by atoms with E-state index in [1.807, 2.05) is 19.1 Å². The van der Waals surface area contributed by atoms with Gasteiger partial charge in [-0.25, -0.2) is 9.78 Å². The number of nitrogens with zero attached hydrogens (tertiary/aromatic N) is 1. The first-order valence-corrected chi connectivity index (χ1v) is 9.82. The summed E-state index contributed by atoms with van der Waals surface area (Å²) in [6.07, 6.45) is 0. The average Bonchev–Trinajstić information content (AvgIpc) is 3.06. The molecule has 3 aromatic rings. The van der Waals surface area contributed by atoms with E-state index in [-0.39, 0.29) is 11.6 Å². The lowest BCUT2D eigenvalue weighted by molar-refractivity contribution is 0.102. The Morgan fingerprint density at radius 3 is 2.59 bits per heavy atom. The van der Waals surface area contributed by atoms with Gasteiger partial charge in [0.15, 0.2) is 5.13 Å². The fourth-order valence-corrected chi connectivity index (χ4v) is 3.30. The van der Waals surface area contributed by atoms with Crippen molar-refractivity contribution in [3.8, 4) is 0 Å². The second-order valence-corrected chi connectivity index (χ2v) is 7.69. The Bertz CT molecular complexity index is 1010. The van der Waals surface area contributed by atoms with Gasteiger partial charge in [0, 0.05) is 26.3 Å². The largest absolute Gasteiger partial charge is 0.325 e. The van der Waals surface area contributed by atoms with E-state index in [1.165, 1.54) is 0 Å². The number of hydrogen-bond donors (Lipinski definition) is 3. The van der Waals surface area contributed by atoms with Gasteiger partial charge in [-0.15, -0.1) is 11.3 Å². The van der Waals surface area contributed by atoms with Crippen LogP contribution in [0.15, 0.2) is 52.3 Å². The topological polar surface area (TPSA) is 83.1 Å². The van der Waals surface area contributed by atoms with Gasteiger partial charge in [0.2, 0.25) is 0 Å². The van der Waals surface area contributed by atoms with Crippen molar-refractivity contribution in [3.63, 3.8) is 0 Å². The Labute approximate surface area is 173 Å². The van der Waals surface area contributed by atoms with Gasteiger partial charge in [-0.05, 0) is 48.9 Å². The Balaban J connectivity index is 1.61. The van der Waals surface area contributed by atoms with Crippen LogP contribution in [0.25, 0.3) is 0 Å². The normalized spacial score (nSPS) is 10.3. The van der Waals surface area contributed by atoms with E-state index in [1.54, 1.807) is 35.7 Å². The molecule has 0 aliphatic carbocycles. The summed E-state index contributed by atoms with van der Waals surface area (Å²) in [6.45, 7) is 1.93. The number of nitrogens with one attached hydrogen (secondary N) is 3. The smallest absolute Gasteiger partial charge is 0.321 e. The molecule has 0 spiro atoms. The van der Waals surface area contributed by atoms with Crippen LogP contribution in [0.5, 0.6) is 0 Å². The molecule has 9 heteroatoms. The summed E-state index contributed by atoms with van der Waals surface area (Å²) < 4.78 is 0.964. The van der Waals surface area contributed by atoms with Crippen LogP contribution < -0.4 is 16.0 Å². The van der Waals surface area contributed by atoms with Crippen LogP contribution in [0.4, 0.5) is 21.3 Å². The lowest BCUT2D eigenvalue weighted by atomic mass is 10.2. The molecule has 3 N–H and O–H groups in total. The maximum absolute atomic E-state index is 12.3. The molecule has 6 nitrogen and oxygen atoms in total. The molecule has 0 radical (unpaired) electrons. The van der Waals surface area contributed by atoms with Crippen LogP contribution in [0.2, 0.25) is 5.02 Å². The van der Waals surface area contributed by atoms with Crippen LogP contribution in [0.1, 0.15) is 16.1 Å². The van der Waals surface area contributed by atoms with E-state index in [4.69, 9.17) is 11.6 Å². The number of carbonyl (C=O) groups excluding carboxylic acids is 2. The molecule has 0 aliphatic rings. The zero-order chi connectivity index (χ0) is 19.4. The second kappa shape index (κ2) is 8.51. The highest BCUT2D eigenvalue weighted by atomic mass is 79.9. The summed E-state index contributed by atoms with van der Waals surface area (Å²) >= 11 is 10.5. The highest BCUT2D eigenvalue weighted by Crippen LogP contribution is 2.22. The minimum atomic E-state index is -0.470. The molecule has 0 bridgehead atoms. The minimum Gasteiger partial charge on any atom is -0.321 e. The summed E-state index contributed by atoms with van der Waals surface area (Å²) in [5.41, 5.74) is 2.45. The first-order chi connectivity index (χ1) is 12.9. The molecule has 0 saturated carbocycles. The molecule has 0 aliphatic heterocycles. The highest BCUT2D eigenvalue weighted by Gasteiger charge is 2.13. The minimum absolute atomic E-state index is 0.221. The van der Waals surface area contributed by atoms with Gasteiger partial charge < -0.3 is 10.6 Å². The Morgan fingerprint density at radius 1 is 1.07 bits per heavy atom. The molecule has 2 aromatic carbocycles. The molecular weight excluding hydrogens is 452 g/mol. The molecule has 0 unspecified atom stereocenters. The molecule has 0 atom stereocenters. The van der Waals surface area contributed by atoms with E-state index in [9.17, 15) is 9.59 Å². The van der Waals surface area contributed by atoms with E-state index in [0.29, 0.717) is 21.5 Å². The van der Waals surface area contributed by atoms with Gasteiger partial charge in [0.05, 0.1) is 0 Å². The maximum atomic E-state index is 12.3. The SMILES string of the molecule is Cc1cc(NC(=O)c2csc(NC(=O)Nc3cccc(Cl)c3)n2)ccc1Br. The molecule has 0 saturated heterocycles. The van der Waals surface area contributed by atoms with Gasteiger partial charge in [0.1, 0.15) is 5.69 Å². The predicted octanol–water partition coefficient (Wildman–Crippen LogP) is 5.76. The van der Waals surface area contributed by atoms with E-state index in [0.717, 1.165) is 21.4 Å². The maximum Gasteiger partial charge on any atom is 0.325 e. The molecule has 1 aromatic heterocycles. The number of rotatable bonds is 4. The van der Waals surface area contributed by atoms with Crippen LogP contribution in [0, 0.1) is 6.92 Å². The number of urea groups is 1. The monoisotopic (exact) mass is 464 g/mol. The molecule has 3 amide bonds. The summed E-state index contributed by atoms with van der Waals surface area (Å²) in [5, 5.41) is 10.4. The third kappa shape index (κ3) is 5.29. The summed E-state index contributed by atoms with van der Waals surface area (Å²) in [4.78, 5) is 28.5. The number of aromatic nitrogens is 1. The number of thiazole rings is 1. The average molecular weight is 466 g/mol. The number of aryl methyl sites for hydroxylation is 1. The number of halogens is 2. The summed E-state index contributed by atoms with van der Waals surface area (Å²) in [5.74, 6) is -0.351. The van der Waals surface area contributed by atoms with Gasteiger partial charge in [-0.1, -0.05) is 33.6 Å². The van der Waals surface area contributed by atoms with Crippen molar-refractivity contribution in [2.75, 3.05) is 16.0 Å². The summed E-state index contributed by atoms with van der Waals surface area (Å²) in [7, 11) is 0. The van der Waals surface area contributed by atoms with Crippen LogP contribution >= 0.6 is 38.9 Å². The fourth-order valence-electron chi connectivity index (χ4n) is 2.18. The highest BCUT2D eigenvalue weighted by molar-refractivity contribution is 9.10. The van der Waals surface area contributed by atoms with E-state index >= 15 is 0 Å². The lowest BCUT2D eigenvalue weighted by Gasteiger charge is -2.06. The number of benzene rings is 2. The third-order valence-electron chi connectivity index (χ3n) is 3.46. The van der Waals surface area contributed by atoms with Crippen molar-refractivity contribution in [1.82, 2.24) is 4.98 Å². The number of amides is 3. The molecule has 27 heavy (non-hydrogen) atoms. The second-order valence-electron chi connectivity index (χ2n) is 5.55. The van der Waals surface area contributed by atoms with Crippen LogP contribution in [0.3, 0.4) is 0 Å². The third-order valence-corrected chi connectivity index (χ3v) is 5.34. The van der Waals surface area contributed by atoms with Crippen molar-refractivity contribution in [3.05, 3.63) is 68.6 Å². The predicted molar refractivity (Wildman–Crippen MR) is 113 cm³/mol. The fraction of sp³-hybridized carbons (Fsp3) is 0.0556. The van der Waals surface area contributed by atoms with Crippen molar-refractivity contribution >= 4 is 67.3 Å². The first kappa shape index (κ1) is 19.3. The molecular formula is C18H14BrClN4O2S. The van der Waals surface area contributed by atoms with E-state index < -0.39 is 6.03 Å². The van der Waals surface area contributed by atoms with Crippen molar-refractivity contribution in [2.24, 2.45) is 0 Å². The number of hydrogen-bond acceptors (Lipinski definition) is 4. The molecule has 3 rings (SSSR count). The number of anilines is 3. The van der Waals surface area contributed by atoms with Crippen molar-refractivity contribution in [2.45, 2.75) is 6.92 Å². The van der Waals surface area contributed by atoms with Gasteiger partial charge >= 0.3 is 6.03 Å². The van der Waals surface area contributed by atoms with E-state index in [2.05, 4.69) is 36.9 Å². The van der Waals surface area contributed by atoms with Crippen molar-refractivity contribution in [1.29, 1.82) is 0 Å².